The van der Waals surface area contributed by atoms with Crippen molar-refractivity contribution in [2.75, 3.05) is 20.3 Å². The van der Waals surface area contributed by atoms with Crippen molar-refractivity contribution < 1.29 is 9.47 Å². The normalized spacial score (nSPS) is 14.3. The molecule has 1 aromatic rings. The molecule has 4 heteroatoms. The van der Waals surface area contributed by atoms with Crippen molar-refractivity contribution in [3.05, 3.63) is 28.8 Å². The van der Waals surface area contributed by atoms with Crippen molar-refractivity contribution >= 4 is 11.6 Å². The van der Waals surface area contributed by atoms with Crippen molar-refractivity contribution in [1.82, 2.24) is 0 Å². The predicted octanol–water partition coefficient (Wildman–Crippen LogP) is 3.21. The van der Waals surface area contributed by atoms with Gasteiger partial charge in [-0.15, -0.1) is 0 Å². The SMILES string of the molecule is CC[C@H](N)[C@H](C)c1ccc(Cl)c(OCCOC)c1. The van der Waals surface area contributed by atoms with Gasteiger partial charge in [-0.2, -0.15) is 0 Å². The van der Waals surface area contributed by atoms with Gasteiger partial charge in [-0.3, -0.25) is 0 Å². The highest BCUT2D eigenvalue weighted by atomic mass is 35.5. The summed E-state index contributed by atoms with van der Waals surface area (Å²) in [5, 5.41) is 0.618. The molecule has 0 heterocycles. The maximum absolute atomic E-state index is 6.10. The molecule has 102 valence electrons. The summed E-state index contributed by atoms with van der Waals surface area (Å²) in [6, 6.07) is 5.99. The molecule has 0 aliphatic rings. The van der Waals surface area contributed by atoms with Crippen LogP contribution in [0.25, 0.3) is 0 Å². The van der Waals surface area contributed by atoms with Crippen LogP contribution in [-0.4, -0.2) is 26.4 Å². The highest BCUT2D eigenvalue weighted by Gasteiger charge is 2.14. The highest BCUT2D eigenvalue weighted by Crippen LogP contribution is 2.30. The number of rotatable bonds is 7. The minimum atomic E-state index is 0.151. The van der Waals surface area contributed by atoms with Crippen LogP contribution >= 0.6 is 11.6 Å². The number of halogens is 1. The smallest absolute Gasteiger partial charge is 0.138 e. The fraction of sp³-hybridized carbons (Fsp3) is 0.571. The molecule has 0 aliphatic heterocycles. The molecule has 0 bridgehead atoms. The average Bonchev–Trinajstić information content (AvgIpc) is 2.39. The van der Waals surface area contributed by atoms with Gasteiger partial charge in [0.1, 0.15) is 12.4 Å². The Kier molecular flexibility index (Phi) is 6.47. The molecule has 0 aliphatic carbocycles. The second-order valence-corrected chi connectivity index (χ2v) is 4.80. The Balaban J connectivity index is 2.79. The maximum Gasteiger partial charge on any atom is 0.138 e. The highest BCUT2D eigenvalue weighted by molar-refractivity contribution is 6.32. The molecular weight excluding hydrogens is 250 g/mol. The topological polar surface area (TPSA) is 44.5 Å². The average molecular weight is 272 g/mol. The number of hydrogen-bond donors (Lipinski definition) is 1. The van der Waals surface area contributed by atoms with Gasteiger partial charge in [0.2, 0.25) is 0 Å². The molecule has 1 aromatic carbocycles. The fourth-order valence-electron chi connectivity index (χ4n) is 1.75. The molecule has 0 fully saturated rings. The van der Waals surface area contributed by atoms with Gasteiger partial charge in [-0.1, -0.05) is 31.5 Å². The largest absolute Gasteiger partial charge is 0.490 e. The van der Waals surface area contributed by atoms with Crippen LogP contribution in [0.4, 0.5) is 0 Å². The van der Waals surface area contributed by atoms with Crippen LogP contribution in [0.3, 0.4) is 0 Å². The van der Waals surface area contributed by atoms with Gasteiger partial charge in [0.05, 0.1) is 11.6 Å². The van der Waals surface area contributed by atoms with Crippen molar-refractivity contribution in [3.63, 3.8) is 0 Å². The molecule has 0 radical (unpaired) electrons. The van der Waals surface area contributed by atoms with E-state index in [1.54, 1.807) is 7.11 Å². The molecule has 0 aromatic heterocycles. The Hall–Kier alpha value is -0.770. The number of nitrogens with two attached hydrogens (primary N) is 1. The number of methoxy groups -OCH3 is 1. The van der Waals surface area contributed by atoms with E-state index in [0.29, 0.717) is 24.0 Å². The van der Waals surface area contributed by atoms with E-state index in [1.807, 2.05) is 18.2 Å². The van der Waals surface area contributed by atoms with Crippen LogP contribution in [-0.2, 0) is 4.74 Å². The fourth-order valence-corrected chi connectivity index (χ4v) is 1.92. The van der Waals surface area contributed by atoms with Crippen LogP contribution in [0.5, 0.6) is 5.75 Å². The number of ether oxygens (including phenoxy) is 2. The molecule has 0 saturated carbocycles. The summed E-state index contributed by atoms with van der Waals surface area (Å²) in [6.45, 7) is 5.25. The molecule has 1 rings (SSSR count). The first kappa shape index (κ1) is 15.3. The Morgan fingerprint density at radius 2 is 2.06 bits per heavy atom. The quantitative estimate of drug-likeness (QED) is 0.775. The minimum absolute atomic E-state index is 0.151. The zero-order chi connectivity index (χ0) is 13.5. The molecule has 2 N–H and O–H groups in total. The lowest BCUT2D eigenvalue weighted by molar-refractivity contribution is 0.146. The van der Waals surface area contributed by atoms with Gasteiger partial charge in [0.25, 0.3) is 0 Å². The summed E-state index contributed by atoms with van der Waals surface area (Å²) in [4.78, 5) is 0. The third kappa shape index (κ3) is 4.16. The molecule has 3 nitrogen and oxygen atoms in total. The van der Waals surface area contributed by atoms with E-state index < -0.39 is 0 Å². The van der Waals surface area contributed by atoms with E-state index >= 15 is 0 Å². The zero-order valence-corrected chi connectivity index (χ0v) is 12.0. The molecule has 2 atom stereocenters. The lowest BCUT2D eigenvalue weighted by atomic mass is 9.92. The lowest BCUT2D eigenvalue weighted by Crippen LogP contribution is -2.25. The zero-order valence-electron chi connectivity index (χ0n) is 11.3. The second kappa shape index (κ2) is 7.62. The summed E-state index contributed by atoms with van der Waals surface area (Å²) in [5.41, 5.74) is 7.22. The van der Waals surface area contributed by atoms with E-state index in [1.165, 1.54) is 0 Å². The van der Waals surface area contributed by atoms with E-state index in [4.69, 9.17) is 26.8 Å². The van der Waals surface area contributed by atoms with E-state index in [2.05, 4.69) is 13.8 Å². The van der Waals surface area contributed by atoms with Crippen LogP contribution < -0.4 is 10.5 Å². The van der Waals surface area contributed by atoms with Gasteiger partial charge in [-0.05, 0) is 30.0 Å². The minimum Gasteiger partial charge on any atom is -0.490 e. The summed E-state index contributed by atoms with van der Waals surface area (Å²) in [5.74, 6) is 0.985. The first-order chi connectivity index (χ1) is 8.60. The van der Waals surface area contributed by atoms with Gasteiger partial charge in [0, 0.05) is 13.2 Å². The monoisotopic (exact) mass is 271 g/mol. The van der Waals surface area contributed by atoms with Crippen LogP contribution in [0.1, 0.15) is 31.7 Å². The third-order valence-corrected chi connectivity index (χ3v) is 3.45. The van der Waals surface area contributed by atoms with Crippen LogP contribution in [0, 0.1) is 0 Å². The first-order valence-corrected chi connectivity index (χ1v) is 6.64. The van der Waals surface area contributed by atoms with Gasteiger partial charge in [-0.25, -0.2) is 0 Å². The summed E-state index contributed by atoms with van der Waals surface area (Å²) in [6.07, 6.45) is 0.948. The molecule has 0 amide bonds. The van der Waals surface area contributed by atoms with Crippen molar-refractivity contribution in [3.8, 4) is 5.75 Å². The number of hydrogen-bond acceptors (Lipinski definition) is 3. The van der Waals surface area contributed by atoms with E-state index in [0.717, 1.165) is 12.0 Å². The Bertz CT molecular complexity index is 371. The summed E-state index contributed by atoms with van der Waals surface area (Å²) >= 11 is 6.10. The van der Waals surface area contributed by atoms with E-state index in [-0.39, 0.29) is 12.0 Å². The summed E-state index contributed by atoms with van der Waals surface area (Å²) < 4.78 is 10.5. The van der Waals surface area contributed by atoms with Crippen molar-refractivity contribution in [1.29, 1.82) is 0 Å². The standard InChI is InChI=1S/C14H22ClNO2/c1-4-13(16)10(2)11-5-6-12(15)14(9-11)18-8-7-17-3/h5-6,9-10,13H,4,7-8,16H2,1-3H3/t10-,13+/m1/s1. The Morgan fingerprint density at radius 1 is 1.33 bits per heavy atom. The van der Waals surface area contributed by atoms with Crippen molar-refractivity contribution in [2.24, 2.45) is 5.73 Å². The molecule has 0 saturated heterocycles. The summed E-state index contributed by atoms with van der Waals surface area (Å²) in [7, 11) is 1.64. The third-order valence-electron chi connectivity index (χ3n) is 3.14. The van der Waals surface area contributed by atoms with Gasteiger partial charge >= 0.3 is 0 Å². The predicted molar refractivity (Wildman–Crippen MR) is 75.5 cm³/mol. The lowest BCUT2D eigenvalue weighted by Gasteiger charge is -2.20. The van der Waals surface area contributed by atoms with Gasteiger partial charge in [0.15, 0.2) is 0 Å². The van der Waals surface area contributed by atoms with Crippen LogP contribution in [0.15, 0.2) is 18.2 Å². The first-order valence-electron chi connectivity index (χ1n) is 6.26. The van der Waals surface area contributed by atoms with Gasteiger partial charge < -0.3 is 15.2 Å². The number of benzene rings is 1. The molecule has 0 spiro atoms. The van der Waals surface area contributed by atoms with Crippen LogP contribution in [0.2, 0.25) is 5.02 Å². The van der Waals surface area contributed by atoms with Crippen molar-refractivity contribution in [2.45, 2.75) is 32.2 Å². The molecule has 0 unspecified atom stereocenters. The molecule has 18 heavy (non-hydrogen) atoms. The molecular formula is C14H22ClNO2. The Labute approximate surface area is 114 Å². The Morgan fingerprint density at radius 3 is 2.67 bits per heavy atom. The van der Waals surface area contributed by atoms with E-state index in [9.17, 15) is 0 Å². The maximum atomic E-state index is 6.10. The second-order valence-electron chi connectivity index (χ2n) is 4.39.